The summed E-state index contributed by atoms with van der Waals surface area (Å²) in [7, 11) is -3.73. The predicted octanol–water partition coefficient (Wildman–Crippen LogP) is 2.14. The third-order valence-corrected chi connectivity index (χ3v) is 5.86. The van der Waals surface area contributed by atoms with Crippen LogP contribution >= 0.6 is 11.7 Å². The lowest BCUT2D eigenvalue weighted by Gasteiger charge is -2.06. The van der Waals surface area contributed by atoms with E-state index < -0.39 is 10.0 Å². The van der Waals surface area contributed by atoms with Gasteiger partial charge in [-0.05, 0) is 36.4 Å². The SMILES string of the molecule is O=S(=O)(NCCc1nc(-c2ccc(F)cc2)n[nH]1)c1cccc2nsnc12. The summed E-state index contributed by atoms with van der Waals surface area (Å²) in [6, 6.07) is 10.6. The molecule has 0 aliphatic rings. The van der Waals surface area contributed by atoms with Crippen LogP contribution in [0.25, 0.3) is 22.4 Å². The summed E-state index contributed by atoms with van der Waals surface area (Å²) in [4.78, 5) is 4.40. The van der Waals surface area contributed by atoms with Gasteiger partial charge in [0.15, 0.2) is 5.82 Å². The van der Waals surface area contributed by atoms with Gasteiger partial charge in [-0.1, -0.05) is 6.07 Å². The van der Waals surface area contributed by atoms with E-state index in [0.29, 0.717) is 34.7 Å². The van der Waals surface area contributed by atoms with E-state index in [4.69, 9.17) is 0 Å². The number of hydrogen-bond donors (Lipinski definition) is 2. The smallest absolute Gasteiger partial charge is 0.242 e. The van der Waals surface area contributed by atoms with Crippen molar-refractivity contribution in [2.24, 2.45) is 0 Å². The summed E-state index contributed by atoms with van der Waals surface area (Å²) in [5.41, 5.74) is 1.57. The highest BCUT2D eigenvalue weighted by Gasteiger charge is 2.19. The minimum atomic E-state index is -3.73. The third kappa shape index (κ3) is 3.70. The zero-order valence-corrected chi connectivity index (χ0v) is 15.4. The number of hydrogen-bond acceptors (Lipinski definition) is 7. The summed E-state index contributed by atoms with van der Waals surface area (Å²) < 4.78 is 48.7. The summed E-state index contributed by atoms with van der Waals surface area (Å²) >= 11 is 0.966. The first kappa shape index (κ1) is 17.6. The minimum Gasteiger partial charge on any atom is -0.263 e. The van der Waals surface area contributed by atoms with Gasteiger partial charge in [-0.2, -0.15) is 13.8 Å². The molecule has 0 spiro atoms. The monoisotopic (exact) mass is 404 g/mol. The molecule has 2 N–H and O–H groups in total. The Hall–Kier alpha value is -2.76. The first-order chi connectivity index (χ1) is 13.0. The van der Waals surface area contributed by atoms with Crippen LogP contribution in [0.15, 0.2) is 47.4 Å². The van der Waals surface area contributed by atoms with Crippen LogP contribution in [0, 0.1) is 5.82 Å². The van der Waals surface area contributed by atoms with Crippen LogP contribution in [-0.2, 0) is 16.4 Å². The third-order valence-electron chi connectivity index (χ3n) is 3.83. The predicted molar refractivity (Wildman–Crippen MR) is 98.1 cm³/mol. The number of halogens is 1. The maximum Gasteiger partial charge on any atom is 0.242 e. The van der Waals surface area contributed by atoms with Gasteiger partial charge in [-0.3, -0.25) is 5.10 Å². The normalized spacial score (nSPS) is 11.9. The van der Waals surface area contributed by atoms with Crippen LogP contribution < -0.4 is 4.72 Å². The fraction of sp³-hybridized carbons (Fsp3) is 0.125. The number of nitrogens with zero attached hydrogens (tertiary/aromatic N) is 4. The van der Waals surface area contributed by atoms with Crippen molar-refractivity contribution >= 4 is 32.8 Å². The highest BCUT2D eigenvalue weighted by Crippen LogP contribution is 2.21. The summed E-state index contributed by atoms with van der Waals surface area (Å²) in [5, 5.41) is 6.83. The van der Waals surface area contributed by atoms with E-state index >= 15 is 0 Å². The van der Waals surface area contributed by atoms with Gasteiger partial charge in [-0.15, -0.1) is 0 Å². The van der Waals surface area contributed by atoms with E-state index in [-0.39, 0.29) is 17.3 Å². The molecule has 0 radical (unpaired) electrons. The van der Waals surface area contributed by atoms with E-state index in [9.17, 15) is 12.8 Å². The zero-order chi connectivity index (χ0) is 18.9. The van der Waals surface area contributed by atoms with Gasteiger partial charge < -0.3 is 0 Å². The second-order valence-electron chi connectivity index (χ2n) is 5.65. The maximum atomic E-state index is 13.0. The van der Waals surface area contributed by atoms with Crippen LogP contribution in [0.1, 0.15) is 5.82 Å². The Labute approximate surface area is 157 Å². The van der Waals surface area contributed by atoms with Crippen molar-refractivity contribution in [1.82, 2.24) is 28.7 Å². The van der Waals surface area contributed by atoms with Gasteiger partial charge in [-0.25, -0.2) is 22.5 Å². The largest absolute Gasteiger partial charge is 0.263 e. The Morgan fingerprint density at radius 1 is 1.11 bits per heavy atom. The maximum absolute atomic E-state index is 13.0. The highest BCUT2D eigenvalue weighted by molar-refractivity contribution is 7.89. The number of aromatic amines is 1. The molecule has 0 unspecified atom stereocenters. The molecule has 0 saturated carbocycles. The van der Waals surface area contributed by atoms with Crippen molar-refractivity contribution in [3.63, 3.8) is 0 Å². The Kier molecular flexibility index (Phi) is 4.64. The second-order valence-corrected chi connectivity index (χ2v) is 7.91. The summed E-state index contributed by atoms with van der Waals surface area (Å²) in [6.07, 6.45) is 0.318. The molecule has 2 aromatic heterocycles. The number of H-pyrrole nitrogens is 1. The van der Waals surface area contributed by atoms with Crippen molar-refractivity contribution in [1.29, 1.82) is 0 Å². The number of fused-ring (bicyclic) bond motifs is 1. The minimum absolute atomic E-state index is 0.0957. The first-order valence-corrected chi connectivity index (χ1v) is 10.1. The van der Waals surface area contributed by atoms with E-state index in [1.54, 1.807) is 24.3 Å². The van der Waals surface area contributed by atoms with E-state index in [1.807, 2.05) is 0 Å². The number of nitrogens with one attached hydrogen (secondary N) is 2. The van der Waals surface area contributed by atoms with Crippen molar-refractivity contribution in [3.05, 3.63) is 54.1 Å². The number of aromatic nitrogens is 5. The standard InChI is InChI=1S/C16H13FN6O2S2/c17-11-6-4-10(5-7-11)16-19-14(20-21-16)8-9-18-27(24,25)13-3-1-2-12-15(13)23-26-22-12/h1-7,18H,8-9H2,(H,19,20,21). The number of rotatable bonds is 6. The van der Waals surface area contributed by atoms with Crippen LogP contribution in [-0.4, -0.2) is 38.9 Å². The zero-order valence-electron chi connectivity index (χ0n) is 13.8. The van der Waals surface area contributed by atoms with Crippen molar-refractivity contribution in [3.8, 4) is 11.4 Å². The fourth-order valence-corrected chi connectivity index (χ4v) is 4.31. The van der Waals surface area contributed by atoms with Gasteiger partial charge in [0, 0.05) is 18.5 Å². The molecule has 0 fully saturated rings. The number of benzene rings is 2. The molecule has 11 heteroatoms. The van der Waals surface area contributed by atoms with Gasteiger partial charge in [0.05, 0.1) is 11.7 Å². The van der Waals surface area contributed by atoms with Crippen molar-refractivity contribution in [2.45, 2.75) is 11.3 Å². The molecule has 2 heterocycles. The molecule has 0 atom stereocenters. The molecule has 27 heavy (non-hydrogen) atoms. The molecule has 2 aromatic carbocycles. The van der Waals surface area contributed by atoms with Crippen LogP contribution in [0.5, 0.6) is 0 Å². The van der Waals surface area contributed by atoms with Gasteiger partial charge in [0.1, 0.15) is 27.6 Å². The van der Waals surface area contributed by atoms with Gasteiger partial charge in [0.2, 0.25) is 10.0 Å². The van der Waals surface area contributed by atoms with Crippen molar-refractivity contribution < 1.29 is 12.8 Å². The second kappa shape index (κ2) is 7.10. The molecule has 0 aliphatic heterocycles. The van der Waals surface area contributed by atoms with E-state index in [2.05, 4.69) is 28.7 Å². The summed E-state index contributed by atoms with van der Waals surface area (Å²) in [6.45, 7) is 0.133. The molecule has 0 saturated heterocycles. The lowest BCUT2D eigenvalue weighted by molar-refractivity contribution is 0.581. The molecular formula is C16H13FN6O2S2. The molecule has 0 amide bonds. The molecule has 4 rings (SSSR count). The molecule has 0 aliphatic carbocycles. The Balaban J connectivity index is 1.44. The van der Waals surface area contributed by atoms with Crippen LogP contribution in [0.4, 0.5) is 4.39 Å². The molecule has 4 aromatic rings. The Bertz CT molecular complexity index is 1190. The van der Waals surface area contributed by atoms with Crippen LogP contribution in [0.2, 0.25) is 0 Å². The number of sulfonamides is 1. The van der Waals surface area contributed by atoms with E-state index in [1.165, 1.54) is 18.2 Å². The molecule has 8 nitrogen and oxygen atoms in total. The summed E-state index contributed by atoms with van der Waals surface area (Å²) in [5.74, 6) is 0.603. The van der Waals surface area contributed by atoms with Crippen molar-refractivity contribution in [2.75, 3.05) is 6.54 Å². The average molecular weight is 404 g/mol. The first-order valence-electron chi connectivity index (χ1n) is 7.91. The van der Waals surface area contributed by atoms with E-state index in [0.717, 1.165) is 11.7 Å². The fourth-order valence-electron chi connectivity index (χ4n) is 2.51. The molecule has 0 bridgehead atoms. The average Bonchev–Trinajstić information content (AvgIpc) is 3.31. The highest BCUT2D eigenvalue weighted by atomic mass is 32.2. The Morgan fingerprint density at radius 3 is 2.74 bits per heavy atom. The lowest BCUT2D eigenvalue weighted by atomic mass is 10.2. The topological polar surface area (TPSA) is 114 Å². The Morgan fingerprint density at radius 2 is 1.93 bits per heavy atom. The van der Waals surface area contributed by atoms with Crippen LogP contribution in [0.3, 0.4) is 0 Å². The molecule has 138 valence electrons. The molecular weight excluding hydrogens is 391 g/mol. The quantitative estimate of drug-likeness (QED) is 0.509. The lowest BCUT2D eigenvalue weighted by Crippen LogP contribution is -2.26. The van der Waals surface area contributed by atoms with Gasteiger partial charge >= 0.3 is 0 Å². The van der Waals surface area contributed by atoms with Gasteiger partial charge in [0.25, 0.3) is 0 Å².